The summed E-state index contributed by atoms with van der Waals surface area (Å²) >= 11 is 0. The highest BCUT2D eigenvalue weighted by Gasteiger charge is 2.05. The zero-order valence-corrected chi connectivity index (χ0v) is 17.5. The van der Waals surface area contributed by atoms with Gasteiger partial charge in [0, 0.05) is 25.5 Å². The lowest BCUT2D eigenvalue weighted by molar-refractivity contribution is -0.140. The predicted octanol–water partition coefficient (Wildman–Crippen LogP) is 2.17. The third-order valence-electron chi connectivity index (χ3n) is 3.61. The van der Waals surface area contributed by atoms with Crippen molar-refractivity contribution < 1.29 is 9.53 Å². The molecular weight excluding hydrogens is 445 g/mol. The highest BCUT2D eigenvalue weighted by molar-refractivity contribution is 14.0. The van der Waals surface area contributed by atoms with Crippen molar-refractivity contribution in [1.82, 2.24) is 20.4 Å². The maximum atomic E-state index is 11.2. The number of nitrogens with zero attached hydrogens (tertiary/aromatic N) is 3. The standard InChI is InChI=1S/C18H25N5O2.HI/c1-3-19-18(20-11-9-17(24)25-2)21-13-15-7-4-5-8-16(15)14-23-12-6-10-22-23;/h4-8,10,12H,3,9,11,13-14H2,1-2H3,(H2,19,20,21);1H. The fraction of sp³-hybridized carbons (Fsp3) is 0.389. The molecule has 0 unspecified atom stereocenters. The molecule has 7 nitrogen and oxygen atoms in total. The molecule has 1 aromatic carbocycles. The number of carbonyl (C=O) groups is 1. The summed E-state index contributed by atoms with van der Waals surface area (Å²) in [4.78, 5) is 15.8. The van der Waals surface area contributed by atoms with E-state index in [9.17, 15) is 4.79 Å². The molecule has 0 spiro atoms. The Bertz CT molecular complexity index is 689. The molecule has 1 aromatic heterocycles. The zero-order chi connectivity index (χ0) is 17.9. The van der Waals surface area contributed by atoms with Crippen LogP contribution in [-0.2, 0) is 22.6 Å². The molecule has 0 amide bonds. The van der Waals surface area contributed by atoms with Crippen molar-refractivity contribution in [3.63, 3.8) is 0 Å². The van der Waals surface area contributed by atoms with Crippen LogP contribution in [0.15, 0.2) is 47.7 Å². The summed E-state index contributed by atoms with van der Waals surface area (Å²) in [7, 11) is 1.39. The molecular formula is C18H26IN5O2. The van der Waals surface area contributed by atoms with Crippen molar-refractivity contribution >= 4 is 35.9 Å². The van der Waals surface area contributed by atoms with Crippen molar-refractivity contribution in [3.05, 3.63) is 53.9 Å². The van der Waals surface area contributed by atoms with Crippen LogP contribution in [0.1, 0.15) is 24.5 Å². The van der Waals surface area contributed by atoms with Gasteiger partial charge in [0.25, 0.3) is 0 Å². The molecule has 0 fully saturated rings. The Morgan fingerprint density at radius 1 is 1.23 bits per heavy atom. The third-order valence-corrected chi connectivity index (χ3v) is 3.61. The van der Waals surface area contributed by atoms with E-state index in [0.717, 1.165) is 12.1 Å². The number of ether oxygens (including phenoxy) is 1. The van der Waals surface area contributed by atoms with Gasteiger partial charge in [0.1, 0.15) is 0 Å². The van der Waals surface area contributed by atoms with E-state index in [1.807, 2.05) is 36.0 Å². The Labute approximate surface area is 171 Å². The number of halogens is 1. The Morgan fingerprint density at radius 3 is 2.65 bits per heavy atom. The van der Waals surface area contributed by atoms with Crippen LogP contribution in [0.4, 0.5) is 0 Å². The van der Waals surface area contributed by atoms with Crippen molar-refractivity contribution in [2.75, 3.05) is 20.2 Å². The second kappa shape index (κ2) is 12.3. The number of guanidine groups is 1. The van der Waals surface area contributed by atoms with Gasteiger partial charge in [-0.1, -0.05) is 24.3 Å². The maximum absolute atomic E-state index is 11.2. The molecule has 0 aliphatic carbocycles. The van der Waals surface area contributed by atoms with E-state index in [-0.39, 0.29) is 29.9 Å². The van der Waals surface area contributed by atoms with Crippen LogP contribution < -0.4 is 10.6 Å². The van der Waals surface area contributed by atoms with E-state index < -0.39 is 0 Å². The van der Waals surface area contributed by atoms with E-state index >= 15 is 0 Å². The minimum Gasteiger partial charge on any atom is -0.469 e. The van der Waals surface area contributed by atoms with Crippen molar-refractivity contribution in [3.8, 4) is 0 Å². The van der Waals surface area contributed by atoms with Gasteiger partial charge in [0.15, 0.2) is 5.96 Å². The van der Waals surface area contributed by atoms with E-state index in [1.54, 1.807) is 6.20 Å². The first kappa shape index (κ1) is 21.9. The molecule has 0 saturated carbocycles. The summed E-state index contributed by atoms with van der Waals surface area (Å²) < 4.78 is 6.53. The molecule has 0 saturated heterocycles. The quantitative estimate of drug-likeness (QED) is 0.267. The average molecular weight is 471 g/mol. The number of hydrogen-bond donors (Lipinski definition) is 2. The monoisotopic (exact) mass is 471 g/mol. The smallest absolute Gasteiger partial charge is 0.307 e. The van der Waals surface area contributed by atoms with Crippen molar-refractivity contribution in [2.24, 2.45) is 4.99 Å². The third kappa shape index (κ3) is 7.42. The summed E-state index contributed by atoms with van der Waals surface area (Å²) in [6.07, 6.45) is 4.02. The van der Waals surface area contributed by atoms with E-state index in [2.05, 4.69) is 37.6 Å². The van der Waals surface area contributed by atoms with Gasteiger partial charge in [-0.3, -0.25) is 9.48 Å². The maximum Gasteiger partial charge on any atom is 0.307 e. The largest absolute Gasteiger partial charge is 0.469 e. The van der Waals surface area contributed by atoms with E-state index in [0.29, 0.717) is 32.0 Å². The van der Waals surface area contributed by atoms with Gasteiger partial charge in [0.05, 0.1) is 26.6 Å². The van der Waals surface area contributed by atoms with Crippen LogP contribution in [0, 0.1) is 0 Å². The summed E-state index contributed by atoms with van der Waals surface area (Å²) in [5, 5.41) is 10.6. The minimum absolute atomic E-state index is 0. The lowest BCUT2D eigenvalue weighted by atomic mass is 10.1. The molecule has 2 aromatic rings. The molecule has 0 radical (unpaired) electrons. The first-order valence-corrected chi connectivity index (χ1v) is 8.36. The average Bonchev–Trinajstić information content (AvgIpc) is 3.13. The summed E-state index contributed by atoms with van der Waals surface area (Å²) in [5.41, 5.74) is 2.32. The van der Waals surface area contributed by atoms with Gasteiger partial charge in [-0.25, -0.2) is 4.99 Å². The molecule has 1 heterocycles. The zero-order valence-electron chi connectivity index (χ0n) is 15.1. The summed E-state index contributed by atoms with van der Waals surface area (Å²) in [5.74, 6) is 0.438. The number of benzene rings is 1. The SMILES string of the molecule is CCNC(=NCc1ccccc1Cn1cccn1)NCCC(=O)OC.I. The molecule has 142 valence electrons. The van der Waals surface area contributed by atoms with Gasteiger partial charge in [-0.05, 0) is 24.1 Å². The number of methoxy groups -OCH3 is 1. The number of hydrogen-bond acceptors (Lipinski definition) is 4. The Morgan fingerprint density at radius 2 is 2.00 bits per heavy atom. The molecule has 0 atom stereocenters. The van der Waals surface area contributed by atoms with Crippen LogP contribution in [0.3, 0.4) is 0 Å². The molecule has 0 aliphatic rings. The predicted molar refractivity (Wildman–Crippen MR) is 113 cm³/mol. The first-order chi connectivity index (χ1) is 12.2. The van der Waals surface area contributed by atoms with Gasteiger partial charge in [0.2, 0.25) is 0 Å². The number of esters is 1. The number of carbonyl (C=O) groups excluding carboxylic acids is 1. The topological polar surface area (TPSA) is 80.5 Å². The van der Waals surface area contributed by atoms with Gasteiger partial charge in [-0.2, -0.15) is 5.10 Å². The first-order valence-electron chi connectivity index (χ1n) is 8.36. The molecule has 8 heteroatoms. The minimum atomic E-state index is -0.243. The molecule has 0 aliphatic heterocycles. The Kier molecular flexibility index (Phi) is 10.4. The highest BCUT2D eigenvalue weighted by Crippen LogP contribution is 2.11. The molecule has 26 heavy (non-hydrogen) atoms. The Balaban J connectivity index is 0.00000338. The molecule has 2 rings (SSSR count). The van der Waals surface area contributed by atoms with Gasteiger partial charge < -0.3 is 15.4 Å². The van der Waals surface area contributed by atoms with Gasteiger partial charge in [-0.15, -0.1) is 24.0 Å². The fourth-order valence-electron chi connectivity index (χ4n) is 2.33. The van der Waals surface area contributed by atoms with E-state index in [1.165, 1.54) is 12.7 Å². The molecule has 0 bridgehead atoms. The van der Waals surface area contributed by atoms with Crippen LogP contribution in [0.5, 0.6) is 0 Å². The van der Waals surface area contributed by atoms with Gasteiger partial charge >= 0.3 is 5.97 Å². The lowest BCUT2D eigenvalue weighted by Crippen LogP contribution is -2.38. The second-order valence-corrected chi connectivity index (χ2v) is 5.42. The number of aromatic nitrogens is 2. The van der Waals surface area contributed by atoms with E-state index in [4.69, 9.17) is 0 Å². The Hall–Kier alpha value is -2.10. The summed E-state index contributed by atoms with van der Waals surface area (Å²) in [6, 6.07) is 10.1. The summed E-state index contributed by atoms with van der Waals surface area (Å²) in [6.45, 7) is 4.49. The lowest BCUT2D eigenvalue weighted by Gasteiger charge is -2.12. The normalized spacial score (nSPS) is 10.8. The van der Waals surface area contributed by atoms with Crippen molar-refractivity contribution in [1.29, 1.82) is 0 Å². The molecule has 2 N–H and O–H groups in total. The van der Waals surface area contributed by atoms with Crippen LogP contribution in [0.25, 0.3) is 0 Å². The highest BCUT2D eigenvalue weighted by atomic mass is 127. The van der Waals surface area contributed by atoms with Crippen LogP contribution in [-0.4, -0.2) is 41.9 Å². The fourth-order valence-corrected chi connectivity index (χ4v) is 2.33. The number of rotatable bonds is 8. The van der Waals surface area contributed by atoms with Crippen molar-refractivity contribution in [2.45, 2.75) is 26.4 Å². The number of aliphatic imine (C=N–C) groups is 1. The number of nitrogens with one attached hydrogen (secondary N) is 2. The van der Waals surface area contributed by atoms with Crippen LogP contribution in [0.2, 0.25) is 0 Å². The van der Waals surface area contributed by atoms with Crippen LogP contribution >= 0.6 is 24.0 Å². The second-order valence-electron chi connectivity index (χ2n) is 5.42.